The minimum Gasteiger partial charge on any atom is -0.383 e. The lowest BCUT2D eigenvalue weighted by atomic mass is 10.0. The van der Waals surface area contributed by atoms with E-state index >= 15 is 0 Å². The van der Waals surface area contributed by atoms with E-state index in [0.29, 0.717) is 19.6 Å². The first-order valence-corrected chi connectivity index (χ1v) is 11.4. The standard InChI is InChI=1S/C27H30FN3O2/c28-24-12-10-21(11-13-24)19-29-25-9-5-4-8-23(25)18-26(32)27(33)31-16-14-30(15-17-31)20-22-6-2-1-3-7-22/h1-13,26,29,32H,14-20H2. The molecule has 0 aliphatic carbocycles. The first kappa shape index (κ1) is 23.0. The summed E-state index contributed by atoms with van der Waals surface area (Å²) < 4.78 is 13.1. The molecule has 2 N–H and O–H groups in total. The summed E-state index contributed by atoms with van der Waals surface area (Å²) >= 11 is 0. The largest absolute Gasteiger partial charge is 0.383 e. The molecule has 1 unspecified atom stereocenters. The summed E-state index contributed by atoms with van der Waals surface area (Å²) in [5, 5.41) is 14.0. The van der Waals surface area contributed by atoms with E-state index < -0.39 is 6.10 Å². The zero-order valence-corrected chi connectivity index (χ0v) is 18.7. The number of amides is 1. The van der Waals surface area contributed by atoms with Crippen molar-refractivity contribution >= 4 is 11.6 Å². The molecule has 1 fully saturated rings. The summed E-state index contributed by atoms with van der Waals surface area (Å²) in [5.41, 5.74) is 3.96. The van der Waals surface area contributed by atoms with Gasteiger partial charge in [-0.2, -0.15) is 0 Å². The fourth-order valence-electron chi connectivity index (χ4n) is 4.14. The van der Waals surface area contributed by atoms with Crippen molar-refractivity contribution in [2.75, 3.05) is 31.5 Å². The lowest BCUT2D eigenvalue weighted by molar-refractivity contribution is -0.142. The quantitative estimate of drug-likeness (QED) is 0.553. The van der Waals surface area contributed by atoms with Gasteiger partial charge in [0.2, 0.25) is 0 Å². The summed E-state index contributed by atoms with van der Waals surface area (Å²) in [7, 11) is 0. The van der Waals surface area contributed by atoms with Crippen molar-refractivity contribution in [3.63, 3.8) is 0 Å². The highest BCUT2D eigenvalue weighted by molar-refractivity contribution is 5.81. The predicted octanol–water partition coefficient (Wildman–Crippen LogP) is 3.69. The Morgan fingerprint density at radius 2 is 1.55 bits per heavy atom. The molecule has 0 saturated carbocycles. The average molecular weight is 448 g/mol. The summed E-state index contributed by atoms with van der Waals surface area (Å²) in [4.78, 5) is 17.0. The van der Waals surface area contributed by atoms with E-state index in [1.165, 1.54) is 17.7 Å². The van der Waals surface area contributed by atoms with Crippen molar-refractivity contribution in [1.82, 2.24) is 9.80 Å². The maximum atomic E-state index is 13.1. The van der Waals surface area contributed by atoms with Crippen molar-refractivity contribution in [3.8, 4) is 0 Å². The molecule has 5 nitrogen and oxygen atoms in total. The minimum atomic E-state index is -1.08. The van der Waals surface area contributed by atoms with E-state index in [1.54, 1.807) is 17.0 Å². The number of aliphatic hydroxyl groups excluding tert-OH is 1. The van der Waals surface area contributed by atoms with Crippen LogP contribution in [-0.4, -0.2) is 53.1 Å². The van der Waals surface area contributed by atoms with Gasteiger partial charge in [0, 0.05) is 51.4 Å². The van der Waals surface area contributed by atoms with E-state index in [1.807, 2.05) is 42.5 Å². The van der Waals surface area contributed by atoms with Gasteiger partial charge in [0.05, 0.1) is 0 Å². The normalized spacial score (nSPS) is 15.3. The van der Waals surface area contributed by atoms with Crippen LogP contribution in [0.25, 0.3) is 0 Å². The highest BCUT2D eigenvalue weighted by Crippen LogP contribution is 2.19. The van der Waals surface area contributed by atoms with Gasteiger partial charge in [-0.05, 0) is 34.9 Å². The number of nitrogens with one attached hydrogen (secondary N) is 1. The van der Waals surface area contributed by atoms with Crippen LogP contribution in [0.1, 0.15) is 16.7 Å². The molecule has 0 aromatic heterocycles. The third-order valence-electron chi connectivity index (χ3n) is 6.04. The lowest BCUT2D eigenvalue weighted by Gasteiger charge is -2.35. The van der Waals surface area contributed by atoms with Gasteiger partial charge < -0.3 is 15.3 Å². The number of rotatable bonds is 8. The number of para-hydroxylation sites is 1. The number of carbonyl (C=O) groups excluding carboxylic acids is 1. The third-order valence-corrected chi connectivity index (χ3v) is 6.04. The van der Waals surface area contributed by atoms with E-state index in [2.05, 4.69) is 22.3 Å². The van der Waals surface area contributed by atoms with Crippen LogP contribution in [0.2, 0.25) is 0 Å². The molecule has 0 bridgehead atoms. The van der Waals surface area contributed by atoms with E-state index in [4.69, 9.17) is 0 Å². The van der Waals surface area contributed by atoms with Crippen LogP contribution >= 0.6 is 0 Å². The molecule has 1 amide bonds. The Balaban J connectivity index is 1.29. The predicted molar refractivity (Wildman–Crippen MR) is 128 cm³/mol. The van der Waals surface area contributed by atoms with E-state index in [9.17, 15) is 14.3 Å². The van der Waals surface area contributed by atoms with Gasteiger partial charge in [0.25, 0.3) is 5.91 Å². The molecule has 1 heterocycles. The van der Waals surface area contributed by atoms with Gasteiger partial charge in [0.1, 0.15) is 11.9 Å². The molecule has 33 heavy (non-hydrogen) atoms. The van der Waals surface area contributed by atoms with Crippen LogP contribution in [0.3, 0.4) is 0 Å². The number of carbonyl (C=O) groups is 1. The van der Waals surface area contributed by atoms with Gasteiger partial charge in [-0.3, -0.25) is 9.69 Å². The van der Waals surface area contributed by atoms with Gasteiger partial charge in [-0.15, -0.1) is 0 Å². The fourth-order valence-corrected chi connectivity index (χ4v) is 4.14. The molecule has 0 radical (unpaired) electrons. The van der Waals surface area contributed by atoms with E-state index in [-0.39, 0.29) is 18.1 Å². The summed E-state index contributed by atoms with van der Waals surface area (Å²) in [6, 6.07) is 24.3. The van der Waals surface area contributed by atoms with Gasteiger partial charge >= 0.3 is 0 Å². The molecule has 172 valence electrons. The van der Waals surface area contributed by atoms with E-state index in [0.717, 1.165) is 36.4 Å². The second kappa shape index (κ2) is 11.1. The van der Waals surface area contributed by atoms with Crippen molar-refractivity contribution < 1.29 is 14.3 Å². The molecule has 1 saturated heterocycles. The molecule has 1 aliphatic heterocycles. The number of hydrogen-bond donors (Lipinski definition) is 2. The summed E-state index contributed by atoms with van der Waals surface area (Å²) in [6.07, 6.45) is -0.838. The Hall–Kier alpha value is -3.22. The molecule has 3 aromatic rings. The summed E-state index contributed by atoms with van der Waals surface area (Å²) in [5.74, 6) is -0.482. The fraction of sp³-hybridized carbons (Fsp3) is 0.296. The van der Waals surface area contributed by atoms with Crippen LogP contribution in [0.4, 0.5) is 10.1 Å². The monoisotopic (exact) mass is 447 g/mol. The van der Waals surface area contributed by atoms with Crippen LogP contribution < -0.4 is 5.32 Å². The Morgan fingerprint density at radius 1 is 0.879 bits per heavy atom. The Kier molecular flexibility index (Phi) is 7.70. The smallest absolute Gasteiger partial charge is 0.251 e. The molecule has 1 atom stereocenters. The van der Waals surface area contributed by atoms with Crippen molar-refractivity contribution in [2.45, 2.75) is 25.6 Å². The number of anilines is 1. The first-order valence-electron chi connectivity index (χ1n) is 11.4. The number of piperazine rings is 1. The second-order valence-electron chi connectivity index (χ2n) is 8.44. The van der Waals surface area contributed by atoms with Gasteiger partial charge in [-0.25, -0.2) is 4.39 Å². The SMILES string of the molecule is O=C(C(O)Cc1ccccc1NCc1ccc(F)cc1)N1CCN(Cc2ccccc2)CC1. The molecule has 1 aliphatic rings. The number of halogens is 1. The topological polar surface area (TPSA) is 55.8 Å². The highest BCUT2D eigenvalue weighted by Gasteiger charge is 2.26. The van der Waals surface area contributed by atoms with Crippen molar-refractivity contribution in [2.24, 2.45) is 0 Å². The maximum absolute atomic E-state index is 13.1. The summed E-state index contributed by atoms with van der Waals surface area (Å²) in [6.45, 7) is 4.23. The highest BCUT2D eigenvalue weighted by atomic mass is 19.1. The molecular weight excluding hydrogens is 417 g/mol. The first-order chi connectivity index (χ1) is 16.1. The minimum absolute atomic E-state index is 0.220. The average Bonchev–Trinajstić information content (AvgIpc) is 2.85. The van der Waals surface area contributed by atoms with Crippen LogP contribution in [0.5, 0.6) is 0 Å². The number of benzene rings is 3. The van der Waals surface area contributed by atoms with Crippen LogP contribution in [0, 0.1) is 5.82 Å². The Bertz CT molecular complexity index is 1030. The van der Waals surface area contributed by atoms with Gasteiger partial charge in [0.15, 0.2) is 0 Å². The van der Waals surface area contributed by atoms with Gasteiger partial charge in [-0.1, -0.05) is 60.7 Å². The molecular formula is C27H30FN3O2. The van der Waals surface area contributed by atoms with Crippen LogP contribution in [0.15, 0.2) is 78.9 Å². The number of nitrogens with zero attached hydrogens (tertiary/aromatic N) is 2. The maximum Gasteiger partial charge on any atom is 0.251 e. The molecule has 4 rings (SSSR count). The Morgan fingerprint density at radius 3 is 2.27 bits per heavy atom. The van der Waals surface area contributed by atoms with Crippen LogP contribution in [-0.2, 0) is 24.3 Å². The zero-order valence-electron chi connectivity index (χ0n) is 18.7. The zero-order chi connectivity index (χ0) is 23.0. The second-order valence-corrected chi connectivity index (χ2v) is 8.44. The van der Waals surface area contributed by atoms with Crippen molar-refractivity contribution in [3.05, 3.63) is 101 Å². The molecule has 0 spiro atoms. The number of hydrogen-bond acceptors (Lipinski definition) is 4. The van der Waals surface area contributed by atoms with Crippen molar-refractivity contribution in [1.29, 1.82) is 0 Å². The molecule has 3 aromatic carbocycles. The molecule has 6 heteroatoms. The third kappa shape index (κ3) is 6.40. The number of aliphatic hydroxyl groups is 1. The Labute approximate surface area is 194 Å². The lowest BCUT2D eigenvalue weighted by Crippen LogP contribution is -2.51.